The number of nitro groups is 1. The molecule has 144 valence electrons. The van der Waals surface area contributed by atoms with Crippen molar-refractivity contribution >= 4 is 46.2 Å². The van der Waals surface area contributed by atoms with E-state index >= 15 is 0 Å². The maximum absolute atomic E-state index is 13.1. The van der Waals surface area contributed by atoms with Crippen molar-refractivity contribution in [3.63, 3.8) is 0 Å². The summed E-state index contributed by atoms with van der Waals surface area (Å²) in [6.45, 7) is 1.90. The Balaban J connectivity index is 2.01. The molecule has 0 saturated heterocycles. The molecule has 2 aromatic carbocycles. The van der Waals surface area contributed by atoms with Crippen LogP contribution in [0.15, 0.2) is 53.4 Å². The molecular formula is C20H19N3O4S. The fourth-order valence-corrected chi connectivity index (χ4v) is 3.78. The van der Waals surface area contributed by atoms with Gasteiger partial charge in [0.2, 0.25) is 0 Å². The molecule has 3 rings (SSSR count). The van der Waals surface area contributed by atoms with E-state index in [2.05, 4.69) is 0 Å². The monoisotopic (exact) mass is 397 g/mol. The van der Waals surface area contributed by atoms with Gasteiger partial charge in [-0.2, -0.15) is 0 Å². The Bertz CT molecular complexity index is 966. The average Bonchev–Trinajstić information content (AvgIpc) is 2.92. The number of amides is 2. The summed E-state index contributed by atoms with van der Waals surface area (Å²) in [7, 11) is 3.82. The van der Waals surface area contributed by atoms with E-state index in [0.717, 1.165) is 10.6 Å². The van der Waals surface area contributed by atoms with Crippen molar-refractivity contribution in [1.82, 2.24) is 0 Å². The second-order valence-electron chi connectivity index (χ2n) is 6.30. The summed E-state index contributed by atoms with van der Waals surface area (Å²) in [5.74, 6) is -0.173. The highest BCUT2D eigenvalue weighted by atomic mass is 32.2. The molecule has 28 heavy (non-hydrogen) atoms. The zero-order valence-corrected chi connectivity index (χ0v) is 16.5. The van der Waals surface area contributed by atoms with Crippen LogP contribution in [0.5, 0.6) is 0 Å². The maximum Gasteiger partial charge on any atom is 0.272 e. The molecule has 0 bridgehead atoms. The van der Waals surface area contributed by atoms with Crippen LogP contribution in [-0.2, 0) is 9.59 Å². The third kappa shape index (κ3) is 3.50. The van der Waals surface area contributed by atoms with Crippen LogP contribution in [0.2, 0.25) is 0 Å². The number of carbonyl (C=O) groups is 2. The Morgan fingerprint density at radius 2 is 1.61 bits per heavy atom. The van der Waals surface area contributed by atoms with Gasteiger partial charge in [0.15, 0.2) is 0 Å². The lowest BCUT2D eigenvalue weighted by molar-refractivity contribution is -0.384. The average molecular weight is 397 g/mol. The molecule has 0 aromatic heterocycles. The van der Waals surface area contributed by atoms with Crippen LogP contribution < -0.4 is 9.80 Å². The number of thioether (sulfide) groups is 1. The van der Waals surface area contributed by atoms with Gasteiger partial charge in [-0.05, 0) is 47.7 Å². The second kappa shape index (κ2) is 7.85. The summed E-state index contributed by atoms with van der Waals surface area (Å²) in [6, 6.07) is 12.8. The number of carbonyl (C=O) groups excluding carboxylic acids is 2. The van der Waals surface area contributed by atoms with Crippen LogP contribution in [0.4, 0.5) is 17.1 Å². The summed E-state index contributed by atoms with van der Waals surface area (Å²) >= 11 is 1.30. The van der Waals surface area contributed by atoms with Crippen molar-refractivity contribution in [2.24, 2.45) is 0 Å². The van der Waals surface area contributed by atoms with Crippen LogP contribution >= 0.6 is 11.8 Å². The summed E-state index contributed by atoms with van der Waals surface area (Å²) in [5, 5.41) is 10.9. The minimum absolute atomic E-state index is 0.0676. The Morgan fingerprint density at radius 3 is 2.11 bits per heavy atom. The number of nitro benzene ring substituents is 1. The normalized spacial score (nSPS) is 14.0. The zero-order chi connectivity index (χ0) is 20.4. The molecule has 2 aromatic rings. The molecule has 0 atom stereocenters. The van der Waals surface area contributed by atoms with Crippen molar-refractivity contribution < 1.29 is 14.5 Å². The van der Waals surface area contributed by atoms with E-state index in [1.165, 1.54) is 36.0 Å². The van der Waals surface area contributed by atoms with E-state index in [4.69, 9.17) is 0 Å². The maximum atomic E-state index is 13.1. The molecule has 0 fully saturated rings. The van der Waals surface area contributed by atoms with E-state index in [1.807, 2.05) is 38.1 Å². The summed E-state index contributed by atoms with van der Waals surface area (Å²) in [5.41, 5.74) is 2.15. The summed E-state index contributed by atoms with van der Waals surface area (Å²) < 4.78 is 0. The van der Waals surface area contributed by atoms with Crippen molar-refractivity contribution in [1.29, 1.82) is 0 Å². The Morgan fingerprint density at radius 1 is 1.00 bits per heavy atom. The number of benzene rings is 2. The lowest BCUT2D eigenvalue weighted by Gasteiger charge is -2.17. The smallest absolute Gasteiger partial charge is 0.272 e. The van der Waals surface area contributed by atoms with Crippen molar-refractivity contribution in [2.75, 3.05) is 29.6 Å². The van der Waals surface area contributed by atoms with Crippen LogP contribution in [0.1, 0.15) is 12.5 Å². The molecule has 0 aliphatic carbocycles. The largest absolute Gasteiger partial charge is 0.378 e. The van der Waals surface area contributed by atoms with Gasteiger partial charge in [-0.15, -0.1) is 11.8 Å². The molecule has 0 N–H and O–H groups in total. The van der Waals surface area contributed by atoms with Crippen molar-refractivity contribution in [2.45, 2.75) is 6.92 Å². The fourth-order valence-electron chi connectivity index (χ4n) is 2.93. The van der Waals surface area contributed by atoms with Crippen molar-refractivity contribution in [3.8, 4) is 0 Å². The second-order valence-corrected chi connectivity index (χ2v) is 7.57. The van der Waals surface area contributed by atoms with E-state index in [1.54, 1.807) is 12.1 Å². The van der Waals surface area contributed by atoms with Gasteiger partial charge in [0, 0.05) is 31.9 Å². The SMILES string of the molecule is CCSC1=C(c2ccc([N+](=O)[O-])cc2)C(=O)N(c2ccc(N(C)C)cc2)C1=O. The molecule has 1 heterocycles. The van der Waals surface area contributed by atoms with Gasteiger partial charge in [-0.1, -0.05) is 6.92 Å². The lowest BCUT2D eigenvalue weighted by Crippen LogP contribution is -2.31. The zero-order valence-electron chi connectivity index (χ0n) is 15.7. The third-order valence-corrected chi connectivity index (χ3v) is 5.28. The van der Waals surface area contributed by atoms with E-state index < -0.39 is 10.8 Å². The number of non-ortho nitro benzene ring substituents is 1. The van der Waals surface area contributed by atoms with Gasteiger partial charge in [-0.25, -0.2) is 4.90 Å². The predicted molar refractivity (Wildman–Crippen MR) is 111 cm³/mol. The number of anilines is 2. The molecule has 1 aliphatic rings. The molecule has 7 nitrogen and oxygen atoms in total. The van der Waals surface area contributed by atoms with Gasteiger partial charge in [0.25, 0.3) is 17.5 Å². The molecule has 0 spiro atoms. The molecule has 2 amide bonds. The number of imide groups is 1. The number of rotatable bonds is 6. The van der Waals surface area contributed by atoms with Gasteiger partial charge < -0.3 is 4.90 Å². The van der Waals surface area contributed by atoms with Crippen molar-refractivity contribution in [3.05, 3.63) is 69.1 Å². The van der Waals surface area contributed by atoms with Crippen LogP contribution in [0, 0.1) is 10.1 Å². The highest BCUT2D eigenvalue weighted by molar-refractivity contribution is 8.04. The minimum atomic E-state index is -0.500. The topological polar surface area (TPSA) is 83.8 Å². The predicted octanol–water partition coefficient (Wildman–Crippen LogP) is 3.70. The van der Waals surface area contributed by atoms with Gasteiger partial charge in [0.05, 0.1) is 21.1 Å². The van der Waals surface area contributed by atoms with Gasteiger partial charge >= 0.3 is 0 Å². The third-order valence-electron chi connectivity index (χ3n) is 4.32. The first-order chi connectivity index (χ1) is 13.3. The van der Waals surface area contributed by atoms with Crippen LogP contribution in [0.25, 0.3) is 5.57 Å². The lowest BCUT2D eigenvalue weighted by atomic mass is 10.1. The molecule has 0 saturated carbocycles. The van der Waals surface area contributed by atoms with E-state index in [-0.39, 0.29) is 17.2 Å². The summed E-state index contributed by atoms with van der Waals surface area (Å²) in [6.07, 6.45) is 0. The highest BCUT2D eigenvalue weighted by Gasteiger charge is 2.40. The first kappa shape index (κ1) is 19.6. The fraction of sp³-hybridized carbons (Fsp3) is 0.200. The minimum Gasteiger partial charge on any atom is -0.378 e. The first-order valence-electron chi connectivity index (χ1n) is 8.63. The number of nitrogens with zero attached hydrogens (tertiary/aromatic N) is 3. The Kier molecular flexibility index (Phi) is 5.51. The van der Waals surface area contributed by atoms with E-state index in [9.17, 15) is 19.7 Å². The molecule has 0 radical (unpaired) electrons. The highest BCUT2D eigenvalue weighted by Crippen LogP contribution is 2.38. The van der Waals surface area contributed by atoms with E-state index in [0.29, 0.717) is 21.9 Å². The van der Waals surface area contributed by atoms with Gasteiger partial charge in [0.1, 0.15) is 0 Å². The summed E-state index contributed by atoms with van der Waals surface area (Å²) in [4.78, 5) is 40.0. The number of hydrogen-bond acceptors (Lipinski definition) is 6. The molecular weight excluding hydrogens is 378 g/mol. The molecule has 0 unspecified atom stereocenters. The number of hydrogen-bond donors (Lipinski definition) is 0. The van der Waals surface area contributed by atoms with Gasteiger partial charge in [-0.3, -0.25) is 19.7 Å². The van der Waals surface area contributed by atoms with Crippen LogP contribution in [-0.4, -0.2) is 36.6 Å². The standard InChI is InChI=1S/C20H19N3O4S/c1-4-28-18-17(13-5-7-16(8-6-13)23(26)27)19(24)22(20(18)25)15-11-9-14(10-12-15)21(2)3/h5-12H,4H2,1-3H3. The molecule has 8 heteroatoms. The quantitative estimate of drug-likeness (QED) is 0.420. The molecule has 1 aliphatic heterocycles. The van der Waals surface area contributed by atoms with Crippen LogP contribution in [0.3, 0.4) is 0 Å². The Labute approximate surface area is 166 Å². The first-order valence-corrected chi connectivity index (χ1v) is 9.61. The Hall–Kier alpha value is -3.13.